The molecule has 0 unspecified atom stereocenters. The molecular formula is C20H21N3O3S2. The fourth-order valence-electron chi connectivity index (χ4n) is 2.62. The minimum atomic E-state index is -0.0557. The van der Waals surface area contributed by atoms with Crippen LogP contribution in [-0.4, -0.2) is 36.0 Å². The summed E-state index contributed by atoms with van der Waals surface area (Å²) in [6, 6.07) is 11.4. The molecule has 3 aromatic rings. The molecule has 1 heterocycles. The number of aryl methyl sites for hydroxylation is 2. The van der Waals surface area contributed by atoms with E-state index in [-0.39, 0.29) is 11.5 Å². The fraction of sp³-hybridized carbons (Fsp3) is 0.250. The maximum Gasteiger partial charge on any atom is 0.210 e. The standard InChI is InChI=1S/C20H21N3O3S2/c1-12-5-7-16(13(2)9-12)21-19-22-23-20(28-19)27-11-17(24)15-10-14(25-3)6-8-18(15)26-4/h5-10H,11H2,1-4H3,(H,21,22). The van der Waals surface area contributed by atoms with E-state index in [4.69, 9.17) is 9.47 Å². The average molecular weight is 416 g/mol. The number of hydrogen-bond acceptors (Lipinski definition) is 8. The number of carbonyl (C=O) groups excluding carboxylic acids is 1. The first kappa shape index (κ1) is 20.2. The predicted octanol–water partition coefficient (Wildman–Crippen LogP) is 4.89. The van der Waals surface area contributed by atoms with Crippen LogP contribution < -0.4 is 14.8 Å². The summed E-state index contributed by atoms with van der Waals surface area (Å²) in [6.45, 7) is 4.11. The molecule has 0 aliphatic rings. The third-order valence-electron chi connectivity index (χ3n) is 4.06. The summed E-state index contributed by atoms with van der Waals surface area (Å²) in [5, 5.41) is 12.3. The van der Waals surface area contributed by atoms with E-state index in [1.807, 2.05) is 19.1 Å². The Morgan fingerprint density at radius 3 is 2.64 bits per heavy atom. The largest absolute Gasteiger partial charge is 0.497 e. The molecule has 0 saturated heterocycles. The van der Waals surface area contributed by atoms with Crippen molar-refractivity contribution in [2.45, 2.75) is 18.2 Å². The Labute approximate surface area is 172 Å². The van der Waals surface area contributed by atoms with Crippen molar-refractivity contribution in [3.8, 4) is 11.5 Å². The van der Waals surface area contributed by atoms with E-state index < -0.39 is 0 Å². The summed E-state index contributed by atoms with van der Waals surface area (Å²) in [6.07, 6.45) is 0. The molecule has 146 valence electrons. The van der Waals surface area contributed by atoms with Crippen molar-refractivity contribution in [2.24, 2.45) is 0 Å². The van der Waals surface area contributed by atoms with Gasteiger partial charge in [0.05, 0.1) is 25.5 Å². The number of nitrogens with one attached hydrogen (secondary N) is 1. The number of ketones is 1. The molecule has 8 heteroatoms. The number of carbonyl (C=O) groups is 1. The van der Waals surface area contributed by atoms with Crippen LogP contribution >= 0.6 is 23.1 Å². The number of nitrogens with zero attached hydrogens (tertiary/aromatic N) is 2. The monoisotopic (exact) mass is 415 g/mol. The van der Waals surface area contributed by atoms with E-state index in [9.17, 15) is 4.79 Å². The van der Waals surface area contributed by atoms with Crippen molar-refractivity contribution < 1.29 is 14.3 Å². The molecule has 0 spiro atoms. The van der Waals surface area contributed by atoms with Crippen molar-refractivity contribution in [3.63, 3.8) is 0 Å². The second kappa shape index (κ2) is 9.07. The Hall–Kier alpha value is -2.58. The molecule has 0 radical (unpaired) electrons. The number of ether oxygens (including phenoxy) is 2. The van der Waals surface area contributed by atoms with Crippen molar-refractivity contribution in [1.29, 1.82) is 0 Å². The fourth-order valence-corrected chi connectivity index (χ4v) is 4.27. The Bertz CT molecular complexity index is 989. The molecule has 0 atom stereocenters. The summed E-state index contributed by atoms with van der Waals surface area (Å²) in [5.74, 6) is 1.33. The van der Waals surface area contributed by atoms with Gasteiger partial charge in [0, 0.05) is 5.69 Å². The highest BCUT2D eigenvalue weighted by atomic mass is 32.2. The molecular weight excluding hydrogens is 394 g/mol. The summed E-state index contributed by atoms with van der Waals surface area (Å²) in [7, 11) is 3.11. The number of anilines is 2. The van der Waals surface area contributed by atoms with Crippen LogP contribution in [0.3, 0.4) is 0 Å². The lowest BCUT2D eigenvalue weighted by Gasteiger charge is -2.09. The minimum Gasteiger partial charge on any atom is -0.497 e. The van der Waals surface area contributed by atoms with E-state index in [1.165, 1.54) is 28.7 Å². The lowest BCUT2D eigenvalue weighted by Crippen LogP contribution is -2.05. The zero-order valence-corrected chi connectivity index (χ0v) is 17.7. The Kier molecular flexibility index (Phi) is 6.53. The molecule has 0 aliphatic heterocycles. The van der Waals surface area contributed by atoms with Crippen LogP contribution in [0.25, 0.3) is 0 Å². The van der Waals surface area contributed by atoms with Crippen LogP contribution in [-0.2, 0) is 0 Å². The lowest BCUT2D eigenvalue weighted by atomic mass is 10.1. The number of hydrogen-bond donors (Lipinski definition) is 1. The Balaban J connectivity index is 1.65. The third-order valence-corrected chi connectivity index (χ3v) is 6.04. The molecule has 1 aromatic heterocycles. The minimum absolute atomic E-state index is 0.0557. The zero-order chi connectivity index (χ0) is 20.1. The molecule has 0 amide bonds. The van der Waals surface area contributed by atoms with Crippen molar-refractivity contribution >= 4 is 39.7 Å². The summed E-state index contributed by atoms with van der Waals surface area (Å²) < 4.78 is 11.2. The number of benzene rings is 2. The van der Waals surface area contributed by atoms with Gasteiger partial charge in [-0.1, -0.05) is 40.8 Å². The van der Waals surface area contributed by atoms with Gasteiger partial charge in [-0.25, -0.2) is 0 Å². The maximum atomic E-state index is 12.6. The Morgan fingerprint density at radius 2 is 1.93 bits per heavy atom. The number of Topliss-reactive ketones (excluding diaryl/α,β-unsaturated/α-hetero) is 1. The van der Waals surface area contributed by atoms with Gasteiger partial charge < -0.3 is 14.8 Å². The van der Waals surface area contributed by atoms with Crippen LogP contribution in [0.4, 0.5) is 10.8 Å². The molecule has 1 N–H and O–H groups in total. The molecule has 28 heavy (non-hydrogen) atoms. The molecule has 2 aromatic carbocycles. The van der Waals surface area contributed by atoms with Gasteiger partial charge in [0.2, 0.25) is 5.13 Å². The van der Waals surface area contributed by atoms with Crippen LogP contribution in [0.2, 0.25) is 0 Å². The van der Waals surface area contributed by atoms with Crippen LogP contribution in [0.5, 0.6) is 11.5 Å². The Morgan fingerprint density at radius 1 is 1.11 bits per heavy atom. The van der Waals surface area contributed by atoms with Gasteiger partial charge in [0.25, 0.3) is 0 Å². The highest BCUT2D eigenvalue weighted by molar-refractivity contribution is 8.01. The third kappa shape index (κ3) is 4.82. The van der Waals surface area contributed by atoms with Gasteiger partial charge in [0.1, 0.15) is 11.5 Å². The van der Waals surface area contributed by atoms with Gasteiger partial charge in [-0.05, 0) is 43.7 Å². The summed E-state index contributed by atoms with van der Waals surface area (Å²) in [5.41, 5.74) is 3.84. The number of thioether (sulfide) groups is 1. The van der Waals surface area contributed by atoms with Gasteiger partial charge >= 0.3 is 0 Å². The van der Waals surface area contributed by atoms with E-state index in [1.54, 1.807) is 32.4 Å². The number of methoxy groups -OCH3 is 2. The van der Waals surface area contributed by atoms with Crippen molar-refractivity contribution in [3.05, 3.63) is 53.1 Å². The van der Waals surface area contributed by atoms with E-state index in [2.05, 4.69) is 28.5 Å². The molecule has 0 aliphatic carbocycles. The van der Waals surface area contributed by atoms with E-state index in [0.29, 0.717) is 22.2 Å². The predicted molar refractivity (Wildman–Crippen MR) is 114 cm³/mol. The lowest BCUT2D eigenvalue weighted by molar-refractivity contribution is 0.101. The summed E-state index contributed by atoms with van der Waals surface area (Å²) in [4.78, 5) is 12.6. The normalized spacial score (nSPS) is 10.6. The van der Waals surface area contributed by atoms with E-state index in [0.717, 1.165) is 15.6 Å². The van der Waals surface area contributed by atoms with Crippen molar-refractivity contribution in [1.82, 2.24) is 10.2 Å². The first-order chi connectivity index (χ1) is 13.5. The van der Waals surface area contributed by atoms with Gasteiger partial charge in [-0.15, -0.1) is 10.2 Å². The molecule has 0 fully saturated rings. The van der Waals surface area contributed by atoms with Gasteiger partial charge in [0.15, 0.2) is 10.1 Å². The topological polar surface area (TPSA) is 73.3 Å². The quantitative estimate of drug-likeness (QED) is 0.415. The number of aromatic nitrogens is 2. The van der Waals surface area contributed by atoms with Gasteiger partial charge in [-0.2, -0.15) is 0 Å². The van der Waals surface area contributed by atoms with E-state index >= 15 is 0 Å². The van der Waals surface area contributed by atoms with Crippen LogP contribution in [0.1, 0.15) is 21.5 Å². The SMILES string of the molecule is COc1ccc(OC)c(C(=O)CSc2nnc(Nc3ccc(C)cc3C)s2)c1. The summed E-state index contributed by atoms with van der Waals surface area (Å²) >= 11 is 2.77. The molecule has 3 rings (SSSR count). The zero-order valence-electron chi connectivity index (χ0n) is 16.1. The van der Waals surface area contributed by atoms with Crippen molar-refractivity contribution in [2.75, 3.05) is 25.3 Å². The average Bonchev–Trinajstić information content (AvgIpc) is 3.15. The first-order valence-electron chi connectivity index (χ1n) is 8.56. The smallest absolute Gasteiger partial charge is 0.210 e. The second-order valence-corrected chi connectivity index (χ2v) is 8.29. The molecule has 6 nitrogen and oxygen atoms in total. The van der Waals surface area contributed by atoms with Crippen LogP contribution in [0.15, 0.2) is 40.7 Å². The number of rotatable bonds is 8. The highest BCUT2D eigenvalue weighted by Gasteiger charge is 2.15. The highest BCUT2D eigenvalue weighted by Crippen LogP contribution is 2.31. The maximum absolute atomic E-state index is 12.6. The van der Waals surface area contributed by atoms with Gasteiger partial charge in [-0.3, -0.25) is 4.79 Å². The molecule has 0 bridgehead atoms. The molecule has 0 saturated carbocycles. The van der Waals surface area contributed by atoms with Crippen LogP contribution in [0, 0.1) is 13.8 Å². The first-order valence-corrected chi connectivity index (χ1v) is 10.4. The second-order valence-electron chi connectivity index (χ2n) is 6.09.